The molecule has 0 aliphatic carbocycles. The molecule has 0 saturated heterocycles. The number of sulfonamides is 2. The van der Waals surface area contributed by atoms with Crippen LogP contribution in [-0.2, 0) is 55.6 Å². The number of anilines is 2. The van der Waals surface area contributed by atoms with Gasteiger partial charge < -0.3 is 41.8 Å². The monoisotopic (exact) mass is 1160 g/mol. The van der Waals surface area contributed by atoms with Gasteiger partial charge in [0.1, 0.15) is 18.1 Å². The molecule has 18 nitrogen and oxygen atoms in total. The van der Waals surface area contributed by atoms with Gasteiger partial charge in [-0.3, -0.25) is 0 Å². The molecule has 2 heterocycles. The first-order chi connectivity index (χ1) is 38.2. The van der Waals surface area contributed by atoms with Crippen LogP contribution < -0.4 is 22.1 Å². The number of fused-ring (bicyclic) bond motifs is 2. The largest absolute Gasteiger partial charge is 0.445 e. The molecule has 0 saturated carbocycles. The zero-order valence-electron chi connectivity index (χ0n) is 44.9. The van der Waals surface area contributed by atoms with Gasteiger partial charge in [0.2, 0.25) is 20.0 Å². The van der Waals surface area contributed by atoms with Gasteiger partial charge in [0, 0.05) is 26.2 Å². The molecule has 80 heavy (non-hydrogen) atoms. The normalized spacial score (nSPS) is 13.4. The number of aliphatic hydroxyl groups is 2. The third-order valence-corrected chi connectivity index (χ3v) is 18.1. The Morgan fingerprint density at radius 1 is 0.537 bits per heavy atom. The molecule has 4 atom stereocenters. The highest BCUT2D eigenvalue weighted by Gasteiger charge is 2.34. The minimum atomic E-state index is -4.04. The number of benzene rings is 6. The van der Waals surface area contributed by atoms with E-state index in [1.54, 1.807) is 18.2 Å². The first kappa shape index (κ1) is 60.6. The number of amides is 2. The zero-order chi connectivity index (χ0) is 57.4. The van der Waals surface area contributed by atoms with Crippen molar-refractivity contribution >= 4 is 85.6 Å². The molecule has 0 spiro atoms. The highest BCUT2D eigenvalue weighted by molar-refractivity contribution is 7.89. The summed E-state index contributed by atoms with van der Waals surface area (Å²) >= 11 is 2.39. The van der Waals surface area contributed by atoms with Gasteiger partial charge in [-0.2, -0.15) is 8.61 Å². The van der Waals surface area contributed by atoms with Crippen LogP contribution in [0.1, 0.15) is 49.9 Å². The summed E-state index contributed by atoms with van der Waals surface area (Å²) in [5, 5.41) is 28.9. The highest BCUT2D eigenvalue weighted by Crippen LogP contribution is 2.33. The van der Waals surface area contributed by atoms with Crippen molar-refractivity contribution in [2.75, 3.05) is 37.6 Å². The number of carbonyl (C=O) groups excluding carboxylic acids is 2. The van der Waals surface area contributed by atoms with Gasteiger partial charge in [-0.15, -0.1) is 0 Å². The predicted molar refractivity (Wildman–Crippen MR) is 315 cm³/mol. The van der Waals surface area contributed by atoms with E-state index in [9.17, 15) is 36.6 Å². The summed E-state index contributed by atoms with van der Waals surface area (Å²) < 4.78 is 69.9. The summed E-state index contributed by atoms with van der Waals surface area (Å²) in [6.07, 6.45) is -3.30. The van der Waals surface area contributed by atoms with Crippen molar-refractivity contribution in [3.63, 3.8) is 0 Å². The van der Waals surface area contributed by atoms with E-state index in [4.69, 9.17) is 20.9 Å². The van der Waals surface area contributed by atoms with Crippen LogP contribution in [0, 0.1) is 11.8 Å². The Balaban J connectivity index is 0.000000231. The fourth-order valence-electron chi connectivity index (χ4n) is 8.68. The number of aliphatic hydroxyl groups excluding tert-OH is 2. The summed E-state index contributed by atoms with van der Waals surface area (Å²) in [4.78, 5) is 34.1. The van der Waals surface area contributed by atoms with Crippen LogP contribution in [0.15, 0.2) is 168 Å². The summed E-state index contributed by atoms with van der Waals surface area (Å²) in [6, 6.07) is 45.2. The Morgan fingerprint density at radius 3 is 1.43 bits per heavy atom. The van der Waals surface area contributed by atoms with Crippen molar-refractivity contribution < 1.29 is 46.1 Å². The van der Waals surface area contributed by atoms with Crippen LogP contribution in [0.4, 0.5) is 19.9 Å². The van der Waals surface area contributed by atoms with Gasteiger partial charge in [0.15, 0.2) is 10.3 Å². The average molecular weight is 1170 g/mol. The van der Waals surface area contributed by atoms with Crippen LogP contribution in [0.25, 0.3) is 20.4 Å². The number of carbonyl (C=O) groups is 2. The Bertz CT molecular complexity index is 3480. The minimum absolute atomic E-state index is 0.0167. The van der Waals surface area contributed by atoms with Gasteiger partial charge in [-0.25, -0.2) is 36.4 Å². The summed E-state index contributed by atoms with van der Waals surface area (Å²) in [7, 11) is -8.04. The van der Waals surface area contributed by atoms with Crippen LogP contribution in [-0.4, -0.2) is 108 Å². The van der Waals surface area contributed by atoms with Crippen LogP contribution in [0.3, 0.4) is 0 Å². The molecule has 0 fully saturated rings. The van der Waals surface area contributed by atoms with Gasteiger partial charge in [0.25, 0.3) is 0 Å². The van der Waals surface area contributed by atoms with Crippen LogP contribution in [0.5, 0.6) is 0 Å². The molecule has 8 aromatic rings. The van der Waals surface area contributed by atoms with Gasteiger partial charge >= 0.3 is 12.2 Å². The Morgan fingerprint density at radius 2 is 0.963 bits per heavy atom. The van der Waals surface area contributed by atoms with Gasteiger partial charge in [-0.1, -0.05) is 178 Å². The first-order valence-corrected chi connectivity index (χ1v) is 30.5. The smallest absolute Gasteiger partial charge is 0.407 e. The summed E-state index contributed by atoms with van der Waals surface area (Å²) in [5.41, 5.74) is 16.1. The second-order valence-electron chi connectivity index (χ2n) is 19.9. The van der Waals surface area contributed by atoms with E-state index in [-0.39, 0.29) is 79.0 Å². The molecule has 6 aromatic carbocycles. The number of nitrogens with one attached hydrogen (secondary N) is 2. The van der Waals surface area contributed by atoms with Gasteiger partial charge in [0.05, 0.1) is 49.6 Å². The molecule has 8 rings (SSSR count). The highest BCUT2D eigenvalue weighted by atomic mass is 32.2. The van der Waals surface area contributed by atoms with Crippen molar-refractivity contribution in [2.24, 2.45) is 11.8 Å². The molecule has 0 aliphatic heterocycles. The zero-order valence-corrected chi connectivity index (χ0v) is 48.1. The van der Waals surface area contributed by atoms with Crippen molar-refractivity contribution in [3.05, 3.63) is 180 Å². The van der Waals surface area contributed by atoms with Crippen molar-refractivity contribution in [3.8, 4) is 0 Å². The molecular formula is C58H68N8O10S4. The van der Waals surface area contributed by atoms with Crippen molar-refractivity contribution in [2.45, 2.75) is 87.8 Å². The second-order valence-corrected chi connectivity index (χ2v) is 25.8. The molecule has 424 valence electrons. The molecule has 8 N–H and O–H groups in total. The lowest BCUT2D eigenvalue weighted by Gasteiger charge is -2.30. The van der Waals surface area contributed by atoms with Crippen LogP contribution >= 0.6 is 22.7 Å². The molecule has 2 aromatic heterocycles. The topological polar surface area (TPSA) is 270 Å². The summed E-state index contributed by atoms with van der Waals surface area (Å²) in [5.74, 6) is -0.0407. The Kier molecular flexibility index (Phi) is 21.5. The molecule has 0 radical (unpaired) electrons. The molecule has 0 aliphatic rings. The van der Waals surface area contributed by atoms with E-state index >= 15 is 0 Å². The van der Waals surface area contributed by atoms with Crippen molar-refractivity contribution in [1.82, 2.24) is 29.2 Å². The van der Waals surface area contributed by atoms with E-state index in [0.29, 0.717) is 20.9 Å². The lowest BCUT2D eigenvalue weighted by molar-refractivity contribution is 0.0873. The molecule has 22 heteroatoms. The summed E-state index contributed by atoms with van der Waals surface area (Å²) in [6.45, 7) is 7.62. The van der Waals surface area contributed by atoms with E-state index < -0.39 is 56.5 Å². The number of nitrogen functional groups attached to an aromatic ring is 2. The number of hydrogen-bond acceptors (Lipinski definition) is 16. The quantitative estimate of drug-likeness (QED) is 0.0330. The fourth-order valence-corrected chi connectivity index (χ4v) is 13.9. The minimum Gasteiger partial charge on any atom is -0.445 e. The maximum atomic E-state index is 13.9. The van der Waals surface area contributed by atoms with E-state index in [1.165, 1.54) is 38.1 Å². The number of rotatable bonds is 24. The van der Waals surface area contributed by atoms with Crippen LogP contribution in [0.2, 0.25) is 0 Å². The third kappa shape index (κ3) is 17.2. The number of nitrogens with two attached hydrogens (primary N) is 2. The van der Waals surface area contributed by atoms with Crippen molar-refractivity contribution in [1.29, 1.82) is 0 Å². The molecule has 2 amide bonds. The number of aromatic nitrogens is 2. The van der Waals surface area contributed by atoms with E-state index in [0.717, 1.165) is 38.3 Å². The van der Waals surface area contributed by atoms with E-state index in [2.05, 4.69) is 20.6 Å². The number of ether oxygens (including phenoxy) is 2. The second kappa shape index (κ2) is 28.4. The number of thiazole rings is 2. The molecule has 0 unspecified atom stereocenters. The molecular weight excluding hydrogens is 1100 g/mol. The first-order valence-electron chi connectivity index (χ1n) is 25.9. The van der Waals surface area contributed by atoms with Gasteiger partial charge in [-0.05, 0) is 77.3 Å². The third-order valence-electron chi connectivity index (χ3n) is 12.5. The maximum Gasteiger partial charge on any atom is 0.407 e. The van der Waals surface area contributed by atoms with E-state index in [1.807, 2.05) is 149 Å². The SMILES string of the molecule is CC(C)CN(C[C@@H](O)[C@H](Cc1ccccc1)NC(=O)OCc1ccccc1)S(=O)(=O)c1ccc2sc(N)nc2c1.CC(C)CN(C[C@@H](O)[C@H](Cc1ccccc1)NC(=O)OCc1ccccc1)S(=O)(=O)c1cccc2nc(N)sc12. The Hall–Kier alpha value is -7.02. The number of alkyl carbamates (subject to hydrolysis) is 2. The number of hydrogen-bond donors (Lipinski definition) is 6. The lowest BCUT2D eigenvalue weighted by Crippen LogP contribution is -2.51. The number of nitrogens with zero attached hydrogens (tertiary/aromatic N) is 4. The average Bonchev–Trinajstić information content (AvgIpc) is 4.02. The standard InChI is InChI=1S/2C29H34N4O5S2/c1-20(2)17-33(40(36,37)26-15-9-14-23-27(26)39-28(30)31-23)18-25(34)24(16-21-10-5-3-6-11-21)32-29(35)38-19-22-12-7-4-8-13-22;1-20(2)17-33(40(36,37)23-13-14-27-25(16-23)31-28(30)39-27)18-26(34)24(15-21-9-5-3-6-10-21)32-29(35)38-19-22-11-7-4-8-12-22/h3-15,20,24-25,34H,16-19H2,1-2H3,(H2,30,31)(H,32,35);3-14,16,20,24,26,34H,15,17-19H2,1-2H3,(H2,30,31)(H,32,35)/t24-,25+;24-,26+/m00/s1. The Labute approximate surface area is 475 Å². The predicted octanol–water partition coefficient (Wildman–Crippen LogP) is 8.85. The lowest BCUT2D eigenvalue weighted by atomic mass is 10.0. The fraction of sp³-hybridized carbons (Fsp3) is 0.310. The maximum absolute atomic E-state index is 13.9. The molecule has 0 bridgehead atoms.